The topological polar surface area (TPSA) is 17.3 Å². The first-order valence-corrected chi connectivity index (χ1v) is 36.0. The Morgan fingerprint density at radius 2 is 1.89 bits per heavy atom. The van der Waals surface area contributed by atoms with Gasteiger partial charge < -0.3 is 10.2 Å². The van der Waals surface area contributed by atoms with Gasteiger partial charge in [0.05, 0.1) is 0 Å². The Morgan fingerprint density at radius 3 is 1.89 bits per heavy atom. The van der Waals surface area contributed by atoms with Crippen molar-refractivity contribution < 1.29 is 27.6 Å². The average molecular weight is 481 g/mol. The van der Waals surface area contributed by atoms with Gasteiger partial charge >= 0.3 is 59.8 Å². The van der Waals surface area contributed by atoms with Gasteiger partial charge in [0.15, 0.2) is 0 Å². The van der Waals surface area contributed by atoms with Gasteiger partial charge in [-0.3, -0.25) is 0 Å². The fourth-order valence-corrected chi connectivity index (χ4v) is 0.200. The summed E-state index contributed by atoms with van der Waals surface area (Å²) < 4.78 is 0. The van der Waals surface area contributed by atoms with Crippen LogP contribution in [0.4, 0.5) is 0 Å². The van der Waals surface area contributed by atoms with Crippen molar-refractivity contribution in [3.8, 4) is 0 Å². The Morgan fingerprint density at radius 1 is 1.56 bits per heavy atom. The van der Waals surface area contributed by atoms with Crippen LogP contribution in [0.5, 0.6) is 0 Å². The minimum atomic E-state index is 0.639. The molecule has 2 nitrogen and oxygen atoms in total. The molecule has 0 rings (SSSR count). The van der Waals surface area contributed by atoms with E-state index in [0.717, 1.165) is 27.6 Å². The van der Waals surface area contributed by atoms with E-state index in [1.165, 1.54) is 32.2 Å². The normalized spacial score (nSPS) is 6.67. The molecule has 1 radical (unpaired) electrons. The van der Waals surface area contributed by atoms with Crippen LogP contribution in [0, 0.1) is 27.6 Å². The molecule has 0 heterocycles. The molecule has 0 atom stereocenters. The monoisotopic (exact) mass is 481 g/mol. The maximum absolute atomic E-state index is 4.74. The van der Waals surface area contributed by atoms with Crippen molar-refractivity contribution in [3.05, 3.63) is 5.32 Å². The number of thiocarbonyl (C=S) groups is 1. The van der Waals surface area contributed by atoms with E-state index in [0.29, 0.717) is 5.11 Å². The van der Waals surface area contributed by atoms with E-state index >= 15 is 0 Å². The third kappa shape index (κ3) is 10.7. The second-order valence-corrected chi connectivity index (χ2v) is 1.77. The molecule has 5 heteroatoms. The summed E-state index contributed by atoms with van der Waals surface area (Å²) in [7, 11) is 5.42. The van der Waals surface area contributed by atoms with Gasteiger partial charge in [-0.15, -0.1) is 0 Å². The van der Waals surface area contributed by atoms with Crippen LogP contribution in [0.25, 0.3) is 5.32 Å². The standard InChI is InChI=1S/C4H10N2S.Ba.Ra/c1-5-4(7)6(2)3;;/h1-3H3,(H,5,7);;/q;+1;/p-1. The molecule has 0 aromatic rings. The molecule has 0 N–H and O–H groups in total. The van der Waals surface area contributed by atoms with Crippen LogP contribution in [-0.2, 0) is 0 Å². The molecule has 0 aliphatic heterocycles. The molecular weight excluding hydrogens is 471 g/mol. The number of nitrogens with zero attached hydrogens (tertiary/aromatic N) is 2. The number of hydrogen-bond donors (Lipinski definition) is 0. The zero-order valence-corrected chi connectivity index (χ0v) is 17.3. The number of rotatable bonds is 0. The van der Waals surface area contributed by atoms with Gasteiger partial charge in [-0.25, -0.2) is 0 Å². The molecule has 0 bridgehead atoms. The molecule has 0 aromatic carbocycles. The van der Waals surface area contributed by atoms with Crippen LogP contribution in [0.2, 0.25) is 0 Å². The summed E-state index contributed by atoms with van der Waals surface area (Å²) in [6.45, 7) is 0. The molecule has 0 saturated carbocycles. The zero-order valence-electron chi connectivity index (χ0n) is 6.22. The fraction of sp³-hybridized carbons (Fsp3) is 0.750. The summed E-state index contributed by atoms with van der Waals surface area (Å²) >= 11 is 7.12. The molecule has 0 spiro atoms. The molecule has 9 heavy (non-hydrogen) atoms. The van der Waals surface area contributed by atoms with Gasteiger partial charge in [0, 0.05) is 5.11 Å². The van der Waals surface area contributed by atoms with E-state index in [-0.39, 0.29) is 0 Å². The van der Waals surface area contributed by atoms with Crippen molar-refractivity contribution in [3.63, 3.8) is 0 Å². The fourth-order valence-electron chi connectivity index (χ4n) is 0.200. The molecule has 0 aliphatic rings. The first kappa shape index (κ1) is 14.3. The predicted octanol–water partition coefficient (Wildman–Crippen LogP) is 0.456. The molecule has 0 aromatic heterocycles. The summed E-state index contributed by atoms with van der Waals surface area (Å²) in [6, 6.07) is 0. The van der Waals surface area contributed by atoms with Crippen LogP contribution < -0.4 is 0 Å². The van der Waals surface area contributed by atoms with E-state index in [2.05, 4.69) is 5.32 Å². The maximum atomic E-state index is 4.74. The molecule has 0 amide bonds. The Hall–Kier alpha value is 2.73. The van der Waals surface area contributed by atoms with Gasteiger partial charge in [-0.2, -0.15) is 0 Å². The van der Waals surface area contributed by atoms with Gasteiger partial charge in [-0.05, 0) is 0 Å². The molecular formula is C4H9BaN2RaS. The van der Waals surface area contributed by atoms with E-state index in [1.807, 2.05) is 14.1 Å². The molecule has 0 aliphatic carbocycles. The van der Waals surface area contributed by atoms with E-state index in [9.17, 15) is 0 Å². The zero-order chi connectivity index (χ0) is 7.86. The van der Waals surface area contributed by atoms with Crippen molar-refractivity contribution in [1.82, 2.24) is 4.90 Å². The van der Waals surface area contributed by atoms with Crippen LogP contribution in [0.15, 0.2) is 0 Å². The van der Waals surface area contributed by atoms with Crippen LogP contribution in [-0.4, -0.2) is 63.4 Å². The van der Waals surface area contributed by atoms with E-state index in [1.54, 1.807) is 11.9 Å². The predicted molar refractivity (Wildman–Crippen MR) is 41.3 cm³/mol. The second-order valence-electron chi connectivity index (χ2n) is 1.40. The molecule has 45 valence electrons. The summed E-state index contributed by atoms with van der Waals surface area (Å²) in [5.74, 6) is 0. The Labute approximate surface area is 105 Å². The average Bonchev–Trinajstić information content (AvgIpc) is 1.91. The summed E-state index contributed by atoms with van der Waals surface area (Å²) in [4.78, 5) is 1.79. The van der Waals surface area contributed by atoms with Gasteiger partial charge in [0.2, 0.25) is 0 Å². The van der Waals surface area contributed by atoms with E-state index in [4.69, 9.17) is 12.2 Å². The van der Waals surface area contributed by atoms with Gasteiger partial charge in [0.1, 0.15) is 0 Å². The minimum absolute atomic E-state index is 0.639. The molecule has 0 fully saturated rings. The third-order valence-electron chi connectivity index (χ3n) is 0.574. The van der Waals surface area contributed by atoms with Gasteiger partial charge in [-0.1, -0.05) is 33.4 Å². The van der Waals surface area contributed by atoms with Crippen LogP contribution >= 0.6 is 12.2 Å². The first-order chi connectivity index (χ1) is 4.18. The SMILES string of the molecule is C[N-]C(=S)N(C)C.[Ba+][Ra]. The summed E-state index contributed by atoms with van der Waals surface area (Å²) in [5, 5.41) is 4.38. The molecule has 0 saturated heterocycles. The van der Waals surface area contributed by atoms with Crippen molar-refractivity contribution in [2.75, 3.05) is 21.1 Å². The summed E-state index contributed by atoms with van der Waals surface area (Å²) in [6.07, 6.45) is 0. The van der Waals surface area contributed by atoms with Crippen molar-refractivity contribution in [2.24, 2.45) is 0 Å². The number of hydrogen-bond acceptors (Lipinski definition) is 1. The van der Waals surface area contributed by atoms with Crippen molar-refractivity contribution in [2.45, 2.75) is 0 Å². The molecule has 0 unspecified atom stereocenters. The second kappa shape index (κ2) is 10.7. The third-order valence-corrected chi connectivity index (χ3v) is 1.12. The van der Waals surface area contributed by atoms with Crippen LogP contribution in [0.3, 0.4) is 0 Å². The van der Waals surface area contributed by atoms with Crippen molar-refractivity contribution >= 4 is 49.5 Å². The Kier molecular flexibility index (Phi) is 17.0. The van der Waals surface area contributed by atoms with Crippen LogP contribution in [0.1, 0.15) is 0 Å². The van der Waals surface area contributed by atoms with Crippen molar-refractivity contribution in [1.29, 1.82) is 0 Å². The first-order valence-electron chi connectivity index (χ1n) is 2.49. The Bertz CT molecular complexity index is 79.0. The Balaban J connectivity index is 0. The quantitative estimate of drug-likeness (QED) is 0.370. The summed E-state index contributed by atoms with van der Waals surface area (Å²) in [5.41, 5.74) is 0. The van der Waals surface area contributed by atoms with E-state index < -0.39 is 0 Å². The van der Waals surface area contributed by atoms with Gasteiger partial charge in [0.25, 0.3) is 0 Å².